The van der Waals surface area contributed by atoms with Crippen molar-refractivity contribution in [3.63, 3.8) is 0 Å². The van der Waals surface area contributed by atoms with Gasteiger partial charge in [0, 0.05) is 0 Å². The van der Waals surface area contributed by atoms with Gasteiger partial charge in [-0.1, -0.05) is 0 Å². The molecule has 0 saturated carbocycles. The minimum absolute atomic E-state index is 0. The number of halogens is 3. The van der Waals surface area contributed by atoms with E-state index in [-0.39, 0.29) is 42.6 Å². The Balaban J connectivity index is 0. The molecular formula is C22H33Cl3SiTi. The van der Waals surface area contributed by atoms with Gasteiger partial charge in [0.25, 0.3) is 0 Å². The van der Waals surface area contributed by atoms with Crippen molar-refractivity contribution in [2.75, 3.05) is 0 Å². The fraction of sp³-hybridized carbons (Fsp3) is 0.545. The Kier molecular flexibility index (Phi) is 14.2. The molecule has 0 fully saturated rings. The van der Waals surface area contributed by atoms with Crippen LogP contribution in [0.1, 0.15) is 64.5 Å². The maximum atomic E-state index is 2.52. The van der Waals surface area contributed by atoms with Crippen LogP contribution in [-0.4, -0.2) is 8.80 Å². The standard InChI is InChI=1S/C22H33Si.3ClH.Ti/c1-7-8-9-13-23(19-15-17(2)14-18(3)16-19)21-12-10-11-20(21)22(4,5)6;;;;/h11,14-16,23H,7-10,13H2,1-6H3;3*1H;/q;;;;+3/p-3. The van der Waals surface area contributed by atoms with E-state index in [2.05, 4.69) is 86.3 Å². The minimum Gasteiger partial charge on any atom is -1.00 e. The third kappa shape index (κ3) is 8.03. The van der Waals surface area contributed by atoms with E-state index in [0.717, 1.165) is 0 Å². The van der Waals surface area contributed by atoms with Gasteiger partial charge in [0.1, 0.15) is 0 Å². The van der Waals surface area contributed by atoms with Crippen molar-refractivity contribution in [3.05, 3.63) is 50.0 Å². The second-order valence-corrected chi connectivity index (χ2v) is 12.3. The first-order chi connectivity index (χ1) is 11.2. The van der Waals surface area contributed by atoms with Gasteiger partial charge >= 0.3 is 163 Å². The van der Waals surface area contributed by atoms with Gasteiger partial charge in [-0.05, 0) is 0 Å². The topological polar surface area (TPSA) is 0 Å². The normalized spacial score (nSPS) is 14.7. The summed E-state index contributed by atoms with van der Waals surface area (Å²) in [6, 6.07) is 8.69. The van der Waals surface area contributed by atoms with E-state index in [4.69, 9.17) is 0 Å². The van der Waals surface area contributed by atoms with Crippen molar-refractivity contribution >= 4 is 14.0 Å². The van der Waals surface area contributed by atoms with Crippen LogP contribution in [0.25, 0.3) is 0 Å². The molecule has 1 aromatic rings. The molecule has 0 spiro atoms. The number of hydrogen-bond acceptors (Lipinski definition) is 0. The molecule has 0 bridgehead atoms. The van der Waals surface area contributed by atoms with Crippen LogP contribution in [0.15, 0.2) is 38.9 Å². The molecule has 0 aromatic heterocycles. The Morgan fingerprint density at radius 3 is 2.00 bits per heavy atom. The van der Waals surface area contributed by atoms with Crippen molar-refractivity contribution in [2.45, 2.75) is 73.3 Å². The second-order valence-electron chi connectivity index (χ2n) is 8.43. The van der Waals surface area contributed by atoms with Gasteiger partial charge in [-0.25, -0.2) is 0 Å². The van der Waals surface area contributed by atoms with Crippen LogP contribution in [0.5, 0.6) is 0 Å². The maximum Gasteiger partial charge on any atom is -1.00 e. The number of hydrogen-bond donors (Lipinski definition) is 0. The average Bonchev–Trinajstić information content (AvgIpc) is 2.84. The Morgan fingerprint density at radius 2 is 1.52 bits per heavy atom. The molecule has 0 radical (unpaired) electrons. The molecule has 2 rings (SSSR count). The van der Waals surface area contributed by atoms with E-state index in [1.807, 2.05) is 0 Å². The van der Waals surface area contributed by atoms with E-state index in [0.29, 0.717) is 0 Å². The molecule has 1 atom stereocenters. The Morgan fingerprint density at radius 1 is 0.963 bits per heavy atom. The largest absolute Gasteiger partial charge is 1.00 e. The molecular weight excluding hydrogens is 447 g/mol. The SMILES string of the molecule is CCCCC[SiH](C1=[C]([Ti+3])CC=C1C(C)(C)C)c1cc(C)cc(C)c1.[Cl-].[Cl-].[Cl-]. The summed E-state index contributed by atoms with van der Waals surface area (Å²) >= 11 is 2.38. The van der Waals surface area contributed by atoms with Gasteiger partial charge in [0.2, 0.25) is 0 Å². The predicted molar refractivity (Wildman–Crippen MR) is 106 cm³/mol. The molecule has 1 aliphatic carbocycles. The summed E-state index contributed by atoms with van der Waals surface area (Å²) < 4.78 is 1.65. The molecule has 1 aliphatic rings. The van der Waals surface area contributed by atoms with E-state index in [9.17, 15) is 0 Å². The number of unbranched alkanes of at least 4 members (excludes halogenated alkanes) is 2. The Labute approximate surface area is 199 Å². The third-order valence-corrected chi connectivity index (χ3v) is 9.69. The fourth-order valence-corrected chi connectivity index (χ4v) is 9.21. The first-order valence-corrected chi connectivity index (χ1v) is 12.2. The van der Waals surface area contributed by atoms with Crippen LogP contribution in [0.4, 0.5) is 0 Å². The molecule has 0 amide bonds. The minimum atomic E-state index is -1.14. The molecule has 0 heterocycles. The summed E-state index contributed by atoms with van der Waals surface area (Å²) in [7, 11) is -1.14. The van der Waals surface area contributed by atoms with E-state index in [1.54, 1.807) is 19.8 Å². The summed E-state index contributed by atoms with van der Waals surface area (Å²) in [5.41, 5.74) is 4.76. The van der Waals surface area contributed by atoms with Gasteiger partial charge in [-0.2, -0.15) is 0 Å². The summed E-state index contributed by atoms with van der Waals surface area (Å²) in [5.74, 6) is 0. The van der Waals surface area contributed by atoms with Crippen LogP contribution in [0.2, 0.25) is 6.04 Å². The van der Waals surface area contributed by atoms with Crippen molar-refractivity contribution in [3.8, 4) is 0 Å². The average molecular weight is 480 g/mol. The molecule has 150 valence electrons. The van der Waals surface area contributed by atoms with Crippen molar-refractivity contribution < 1.29 is 57.7 Å². The summed E-state index contributed by atoms with van der Waals surface area (Å²) in [4.78, 5) is 0. The Bertz CT molecular complexity index is 640. The van der Waals surface area contributed by atoms with Crippen LogP contribution in [0.3, 0.4) is 0 Å². The van der Waals surface area contributed by atoms with Crippen LogP contribution >= 0.6 is 0 Å². The van der Waals surface area contributed by atoms with Gasteiger partial charge < -0.3 is 37.2 Å². The van der Waals surface area contributed by atoms with E-state index < -0.39 is 8.80 Å². The summed E-state index contributed by atoms with van der Waals surface area (Å²) in [5, 5.41) is 3.44. The zero-order chi connectivity index (χ0) is 17.9. The molecule has 1 aromatic carbocycles. The molecule has 0 saturated heterocycles. The molecule has 27 heavy (non-hydrogen) atoms. The van der Waals surface area contributed by atoms with Gasteiger partial charge in [-0.15, -0.1) is 0 Å². The third-order valence-electron chi connectivity index (χ3n) is 5.02. The molecule has 5 heteroatoms. The zero-order valence-corrected chi connectivity index (χ0v) is 22.5. The van der Waals surface area contributed by atoms with E-state index >= 15 is 0 Å². The molecule has 0 aliphatic heterocycles. The van der Waals surface area contributed by atoms with Gasteiger partial charge in [0.05, 0.1) is 0 Å². The second kappa shape index (κ2) is 12.9. The molecule has 0 N–H and O–H groups in total. The maximum absolute atomic E-state index is 2.52. The first kappa shape index (κ1) is 29.7. The summed E-state index contributed by atoms with van der Waals surface area (Å²) in [6.07, 6.45) is 7.76. The fourth-order valence-electron chi connectivity index (χ4n) is 3.98. The van der Waals surface area contributed by atoms with Crippen LogP contribution in [0, 0.1) is 19.3 Å². The van der Waals surface area contributed by atoms with Crippen LogP contribution in [-0.2, 0) is 20.4 Å². The number of benzene rings is 1. The quantitative estimate of drug-likeness (QED) is 0.296. The van der Waals surface area contributed by atoms with E-state index in [1.165, 1.54) is 42.9 Å². The first-order valence-electron chi connectivity index (χ1n) is 9.48. The van der Waals surface area contributed by atoms with Crippen molar-refractivity contribution in [1.29, 1.82) is 0 Å². The predicted octanol–water partition coefficient (Wildman–Crippen LogP) is -3.34. The van der Waals surface area contributed by atoms with Gasteiger partial charge in [-0.3, -0.25) is 0 Å². The molecule has 1 unspecified atom stereocenters. The zero-order valence-electron chi connectivity index (χ0n) is 17.6. The number of allylic oxidation sites excluding steroid dienone is 4. The van der Waals surface area contributed by atoms with Crippen molar-refractivity contribution in [2.24, 2.45) is 5.41 Å². The monoisotopic (exact) mass is 478 g/mol. The summed E-state index contributed by atoms with van der Waals surface area (Å²) in [6.45, 7) is 14.0. The molecule has 0 nitrogen and oxygen atoms in total. The van der Waals surface area contributed by atoms with Crippen LogP contribution < -0.4 is 42.4 Å². The van der Waals surface area contributed by atoms with Crippen molar-refractivity contribution in [1.82, 2.24) is 0 Å². The number of rotatable bonds is 6. The Hall–Kier alpha value is 0.501. The number of aryl methyl sites for hydroxylation is 2. The van der Waals surface area contributed by atoms with Gasteiger partial charge in [0.15, 0.2) is 0 Å². The smallest absolute Gasteiger partial charge is 1.00 e.